The molecule has 0 nitrogen and oxygen atoms in total. The summed E-state index contributed by atoms with van der Waals surface area (Å²) in [6, 6.07) is 0. The average Bonchev–Trinajstić information content (AvgIpc) is 1.82. The first-order valence-electron chi connectivity index (χ1n) is 4.90. The van der Waals surface area contributed by atoms with Gasteiger partial charge in [-0.2, -0.15) is 0 Å². The van der Waals surface area contributed by atoms with Crippen LogP contribution in [-0.4, -0.2) is 0 Å². The fourth-order valence-electron chi connectivity index (χ4n) is 3.98. The first-order chi connectivity index (χ1) is 4.90. The highest BCUT2D eigenvalue weighted by molar-refractivity contribution is 4.92. The zero-order valence-electron chi connectivity index (χ0n) is 6.96. The van der Waals surface area contributed by atoms with Crippen LogP contribution < -0.4 is 0 Å². The first kappa shape index (κ1) is 7.57. The summed E-state index contributed by atoms with van der Waals surface area (Å²) in [5, 5.41) is 0. The maximum Gasteiger partial charge on any atom is -0.0406 e. The third-order valence-electron chi connectivity index (χ3n) is 4.00. The molecular formula is C10H17F. The van der Waals surface area contributed by atoms with Crippen molar-refractivity contribution in [2.75, 3.05) is 0 Å². The minimum atomic E-state index is 0. The molecule has 4 saturated carbocycles. The van der Waals surface area contributed by atoms with Crippen molar-refractivity contribution in [2.24, 2.45) is 23.7 Å². The van der Waals surface area contributed by atoms with E-state index < -0.39 is 0 Å². The molecule has 64 valence electrons. The second-order valence-electron chi connectivity index (χ2n) is 4.88. The molecule has 0 radical (unpaired) electrons. The highest BCUT2D eigenvalue weighted by Crippen LogP contribution is 2.53. The van der Waals surface area contributed by atoms with Crippen molar-refractivity contribution in [1.29, 1.82) is 0 Å². The lowest BCUT2D eigenvalue weighted by Crippen LogP contribution is -2.38. The Bertz CT molecular complexity index is 96.4. The van der Waals surface area contributed by atoms with E-state index in [1.54, 1.807) is 38.5 Å². The van der Waals surface area contributed by atoms with E-state index in [4.69, 9.17) is 0 Å². The predicted octanol–water partition coefficient (Wildman–Crippen LogP) is 2.99. The Morgan fingerprint density at radius 3 is 0.818 bits per heavy atom. The van der Waals surface area contributed by atoms with Crippen molar-refractivity contribution in [1.82, 2.24) is 0 Å². The number of hydrogen-bond acceptors (Lipinski definition) is 0. The van der Waals surface area contributed by atoms with Crippen LogP contribution in [0.25, 0.3) is 0 Å². The maximum absolute atomic E-state index is 1.60. The van der Waals surface area contributed by atoms with Gasteiger partial charge in [-0.3, -0.25) is 4.70 Å². The number of halogens is 1. The summed E-state index contributed by atoms with van der Waals surface area (Å²) in [6.07, 6.45) is 9.62. The molecule has 0 unspecified atom stereocenters. The number of hydrogen-bond donors (Lipinski definition) is 0. The summed E-state index contributed by atoms with van der Waals surface area (Å²) in [5.74, 6) is 4.71. The van der Waals surface area contributed by atoms with Gasteiger partial charge >= 0.3 is 0 Å². The smallest absolute Gasteiger partial charge is 0.0406 e. The van der Waals surface area contributed by atoms with Crippen LogP contribution in [0.4, 0.5) is 4.70 Å². The van der Waals surface area contributed by atoms with Gasteiger partial charge in [0.15, 0.2) is 0 Å². The Morgan fingerprint density at radius 1 is 0.455 bits per heavy atom. The van der Waals surface area contributed by atoms with E-state index in [0.717, 1.165) is 0 Å². The van der Waals surface area contributed by atoms with Gasteiger partial charge in [0.25, 0.3) is 0 Å². The summed E-state index contributed by atoms with van der Waals surface area (Å²) >= 11 is 0. The SMILES string of the molecule is C1C2CC3CC1CC(C2)C3.F. The van der Waals surface area contributed by atoms with Crippen LogP contribution in [-0.2, 0) is 0 Å². The molecule has 0 aromatic rings. The first-order valence-corrected chi connectivity index (χ1v) is 4.90. The zero-order valence-corrected chi connectivity index (χ0v) is 6.96. The van der Waals surface area contributed by atoms with E-state index >= 15 is 0 Å². The molecule has 11 heavy (non-hydrogen) atoms. The van der Waals surface area contributed by atoms with Crippen molar-refractivity contribution >= 4 is 0 Å². The minimum absolute atomic E-state index is 0. The molecule has 0 amide bonds. The van der Waals surface area contributed by atoms with Crippen LogP contribution in [0.1, 0.15) is 38.5 Å². The topological polar surface area (TPSA) is 0 Å². The Hall–Kier alpha value is -0.0700. The van der Waals surface area contributed by atoms with Crippen LogP contribution in [0, 0.1) is 23.7 Å². The van der Waals surface area contributed by atoms with E-state index in [1.165, 1.54) is 23.7 Å². The molecule has 0 N–H and O–H groups in total. The summed E-state index contributed by atoms with van der Waals surface area (Å²) in [7, 11) is 0. The molecule has 0 saturated heterocycles. The molecule has 0 aromatic carbocycles. The summed E-state index contributed by atoms with van der Waals surface area (Å²) < 4.78 is 0. The van der Waals surface area contributed by atoms with Crippen molar-refractivity contribution in [3.63, 3.8) is 0 Å². The quantitative estimate of drug-likeness (QED) is 0.506. The largest absolute Gasteiger partial charge is 0.269 e. The molecule has 0 aromatic heterocycles. The average molecular weight is 156 g/mol. The van der Waals surface area contributed by atoms with Crippen molar-refractivity contribution in [3.05, 3.63) is 0 Å². The minimum Gasteiger partial charge on any atom is -0.269 e. The third kappa shape index (κ3) is 1.09. The highest BCUT2D eigenvalue weighted by atomic mass is 19.0. The predicted molar refractivity (Wildman–Crippen MR) is 44.2 cm³/mol. The fraction of sp³-hybridized carbons (Fsp3) is 1.00. The van der Waals surface area contributed by atoms with Crippen LogP contribution in [0.3, 0.4) is 0 Å². The number of rotatable bonds is 0. The Morgan fingerprint density at radius 2 is 0.636 bits per heavy atom. The van der Waals surface area contributed by atoms with Gasteiger partial charge in [0, 0.05) is 0 Å². The van der Waals surface area contributed by atoms with E-state index in [0.29, 0.717) is 0 Å². The van der Waals surface area contributed by atoms with E-state index in [1.807, 2.05) is 0 Å². The van der Waals surface area contributed by atoms with Gasteiger partial charge in [-0.1, -0.05) is 0 Å². The fourth-order valence-corrected chi connectivity index (χ4v) is 3.98. The second kappa shape index (κ2) is 2.46. The van der Waals surface area contributed by atoms with Crippen LogP contribution in [0.5, 0.6) is 0 Å². The van der Waals surface area contributed by atoms with E-state index in [9.17, 15) is 0 Å². The van der Waals surface area contributed by atoms with Crippen molar-refractivity contribution < 1.29 is 4.70 Å². The molecule has 4 rings (SSSR count). The lowest BCUT2D eigenvalue weighted by atomic mass is 9.56. The Balaban J connectivity index is 0.000000480. The summed E-state index contributed by atoms with van der Waals surface area (Å²) in [4.78, 5) is 0. The normalized spacial score (nSPS) is 52.4. The molecule has 4 aliphatic carbocycles. The molecule has 4 aliphatic rings. The van der Waals surface area contributed by atoms with Gasteiger partial charge in [-0.25, -0.2) is 0 Å². The summed E-state index contributed by atoms with van der Waals surface area (Å²) in [6.45, 7) is 0. The maximum atomic E-state index is 1.60. The lowest BCUT2D eigenvalue weighted by molar-refractivity contribution is 0.0198. The molecule has 0 aliphatic heterocycles. The third-order valence-corrected chi connectivity index (χ3v) is 4.00. The molecular weight excluding hydrogens is 139 g/mol. The lowest BCUT2D eigenvalue weighted by Gasteiger charge is -2.49. The highest BCUT2D eigenvalue weighted by Gasteiger charge is 2.41. The molecule has 0 atom stereocenters. The van der Waals surface area contributed by atoms with Crippen molar-refractivity contribution in [2.45, 2.75) is 38.5 Å². The van der Waals surface area contributed by atoms with Gasteiger partial charge in [0.2, 0.25) is 0 Å². The standard InChI is InChI=1S/C10H16.FH/c1-7-2-9-4-8(1)5-10(3-7)6-9;/h7-10H,1-6H2;1H. The van der Waals surface area contributed by atoms with E-state index in [2.05, 4.69) is 0 Å². The molecule has 4 fully saturated rings. The Labute approximate surface area is 67.7 Å². The van der Waals surface area contributed by atoms with Crippen LogP contribution in [0.2, 0.25) is 0 Å². The second-order valence-corrected chi connectivity index (χ2v) is 4.88. The van der Waals surface area contributed by atoms with Gasteiger partial charge < -0.3 is 0 Å². The Kier molecular flexibility index (Phi) is 1.70. The van der Waals surface area contributed by atoms with E-state index in [-0.39, 0.29) is 4.70 Å². The van der Waals surface area contributed by atoms with Crippen LogP contribution >= 0.6 is 0 Å². The van der Waals surface area contributed by atoms with Gasteiger partial charge in [0.1, 0.15) is 0 Å². The molecule has 0 heterocycles. The van der Waals surface area contributed by atoms with Crippen molar-refractivity contribution in [3.8, 4) is 0 Å². The van der Waals surface area contributed by atoms with Gasteiger partial charge in [-0.15, -0.1) is 0 Å². The summed E-state index contributed by atoms with van der Waals surface area (Å²) in [5.41, 5.74) is 0. The zero-order chi connectivity index (χ0) is 6.55. The molecule has 1 heteroatoms. The molecule has 0 spiro atoms. The monoisotopic (exact) mass is 156 g/mol. The van der Waals surface area contributed by atoms with Gasteiger partial charge in [0.05, 0.1) is 0 Å². The van der Waals surface area contributed by atoms with Gasteiger partial charge in [-0.05, 0) is 62.2 Å². The molecule has 4 bridgehead atoms. The van der Waals surface area contributed by atoms with Crippen LogP contribution in [0.15, 0.2) is 0 Å².